The number of aliphatic hydroxyl groups is 1. The van der Waals surface area contributed by atoms with E-state index in [2.05, 4.69) is 5.32 Å². The quantitative estimate of drug-likeness (QED) is 0.836. The molecule has 1 saturated heterocycles. The molecule has 2 saturated carbocycles. The number of urea groups is 1. The average Bonchev–Trinajstić information content (AvgIpc) is 3.26. The van der Waals surface area contributed by atoms with Crippen molar-refractivity contribution in [3.8, 4) is 0 Å². The molecule has 1 heterocycles. The third-order valence-corrected chi connectivity index (χ3v) is 5.74. The van der Waals surface area contributed by atoms with E-state index in [0.29, 0.717) is 37.6 Å². The van der Waals surface area contributed by atoms with Crippen molar-refractivity contribution in [1.29, 1.82) is 0 Å². The van der Waals surface area contributed by atoms with Gasteiger partial charge in [-0.3, -0.25) is 0 Å². The van der Waals surface area contributed by atoms with E-state index in [1.54, 1.807) is 0 Å². The van der Waals surface area contributed by atoms with E-state index in [-0.39, 0.29) is 18.7 Å². The summed E-state index contributed by atoms with van der Waals surface area (Å²) >= 11 is 0. The van der Waals surface area contributed by atoms with Crippen LogP contribution in [0.4, 0.5) is 4.79 Å². The molecule has 1 atom stereocenters. The monoisotopic (exact) mass is 310 g/mol. The van der Waals surface area contributed by atoms with Gasteiger partial charge in [0.05, 0.1) is 25.9 Å². The molecular weight excluding hydrogens is 280 g/mol. The third kappa shape index (κ3) is 3.74. The molecule has 126 valence electrons. The maximum atomic E-state index is 12.7. The van der Waals surface area contributed by atoms with Crippen LogP contribution >= 0.6 is 0 Å². The van der Waals surface area contributed by atoms with Gasteiger partial charge in [0.2, 0.25) is 0 Å². The number of morpholine rings is 1. The minimum absolute atomic E-state index is 0.0154. The second-order valence-electron chi connectivity index (χ2n) is 7.19. The van der Waals surface area contributed by atoms with E-state index in [4.69, 9.17) is 4.74 Å². The Hall–Kier alpha value is -0.810. The van der Waals surface area contributed by atoms with Crippen molar-refractivity contribution in [3.63, 3.8) is 0 Å². The molecule has 3 aliphatic rings. The predicted octanol–water partition coefficient (Wildman–Crippen LogP) is 2.14. The van der Waals surface area contributed by atoms with Crippen LogP contribution in [0.2, 0.25) is 0 Å². The number of hydrogen-bond donors (Lipinski definition) is 2. The van der Waals surface area contributed by atoms with E-state index in [1.807, 2.05) is 4.90 Å². The van der Waals surface area contributed by atoms with Crippen molar-refractivity contribution in [2.45, 2.75) is 63.5 Å². The van der Waals surface area contributed by atoms with Gasteiger partial charge in [0.1, 0.15) is 0 Å². The highest BCUT2D eigenvalue weighted by Gasteiger charge is 2.35. The fourth-order valence-corrected chi connectivity index (χ4v) is 4.50. The Labute approximate surface area is 133 Å². The van der Waals surface area contributed by atoms with E-state index in [0.717, 1.165) is 0 Å². The molecule has 0 aromatic carbocycles. The summed E-state index contributed by atoms with van der Waals surface area (Å²) < 4.78 is 5.44. The van der Waals surface area contributed by atoms with E-state index >= 15 is 0 Å². The minimum atomic E-state index is -0.226. The van der Waals surface area contributed by atoms with Crippen LogP contribution in [0.15, 0.2) is 0 Å². The molecule has 5 nitrogen and oxygen atoms in total. The van der Waals surface area contributed by atoms with Crippen LogP contribution in [0, 0.1) is 11.8 Å². The Morgan fingerprint density at radius 1 is 1.14 bits per heavy atom. The topological polar surface area (TPSA) is 61.8 Å². The number of carbonyl (C=O) groups is 1. The fraction of sp³-hybridized carbons (Fsp3) is 0.941. The number of carbonyl (C=O) groups excluding carboxylic acids is 1. The summed E-state index contributed by atoms with van der Waals surface area (Å²) in [5.74, 6) is 1.34. The largest absolute Gasteiger partial charge is 0.394 e. The Kier molecular flexibility index (Phi) is 5.58. The van der Waals surface area contributed by atoms with Crippen molar-refractivity contribution in [3.05, 3.63) is 0 Å². The van der Waals surface area contributed by atoms with Gasteiger partial charge in [0.15, 0.2) is 0 Å². The highest BCUT2D eigenvalue weighted by Crippen LogP contribution is 2.37. The van der Waals surface area contributed by atoms with Crippen LogP contribution in [-0.4, -0.2) is 54.5 Å². The van der Waals surface area contributed by atoms with Gasteiger partial charge < -0.3 is 20.1 Å². The van der Waals surface area contributed by atoms with Crippen molar-refractivity contribution in [2.24, 2.45) is 11.8 Å². The smallest absolute Gasteiger partial charge is 0.317 e. The molecule has 0 radical (unpaired) electrons. The van der Waals surface area contributed by atoms with Crippen LogP contribution < -0.4 is 5.32 Å². The Morgan fingerprint density at radius 2 is 1.73 bits per heavy atom. The lowest BCUT2D eigenvalue weighted by Crippen LogP contribution is -2.54. The van der Waals surface area contributed by atoms with Crippen LogP contribution in [-0.2, 0) is 4.74 Å². The number of nitrogens with zero attached hydrogens (tertiary/aromatic N) is 1. The van der Waals surface area contributed by atoms with Crippen LogP contribution in [0.5, 0.6) is 0 Å². The summed E-state index contributed by atoms with van der Waals surface area (Å²) in [4.78, 5) is 14.5. The van der Waals surface area contributed by atoms with E-state index in [9.17, 15) is 9.90 Å². The summed E-state index contributed by atoms with van der Waals surface area (Å²) in [6.07, 6.45) is 10.1. The van der Waals surface area contributed by atoms with Crippen LogP contribution in [0.25, 0.3) is 0 Å². The highest BCUT2D eigenvalue weighted by atomic mass is 16.5. The highest BCUT2D eigenvalue weighted by molar-refractivity contribution is 5.74. The second-order valence-corrected chi connectivity index (χ2v) is 7.19. The van der Waals surface area contributed by atoms with Gasteiger partial charge in [0.25, 0.3) is 0 Å². The number of ether oxygens (including phenoxy) is 1. The first-order chi connectivity index (χ1) is 10.8. The molecule has 0 aromatic rings. The van der Waals surface area contributed by atoms with Gasteiger partial charge >= 0.3 is 6.03 Å². The molecule has 0 unspecified atom stereocenters. The fourth-order valence-electron chi connectivity index (χ4n) is 4.50. The molecule has 22 heavy (non-hydrogen) atoms. The molecule has 0 aromatic heterocycles. The number of nitrogens with one attached hydrogen (secondary N) is 1. The lowest BCUT2D eigenvalue weighted by molar-refractivity contribution is -0.0408. The Balaban J connectivity index is 1.60. The molecule has 5 heteroatoms. The average molecular weight is 310 g/mol. The van der Waals surface area contributed by atoms with Gasteiger partial charge in [-0.25, -0.2) is 4.79 Å². The second kappa shape index (κ2) is 7.64. The number of rotatable bonds is 4. The molecule has 2 aliphatic carbocycles. The SMILES string of the molecule is O=C(NC(C1CCCC1)C1CCCC1)N1CCO[C@@H](CO)C1. The minimum Gasteiger partial charge on any atom is -0.394 e. The van der Waals surface area contributed by atoms with Crippen molar-refractivity contribution < 1.29 is 14.6 Å². The molecule has 2 N–H and O–H groups in total. The zero-order valence-corrected chi connectivity index (χ0v) is 13.5. The Morgan fingerprint density at radius 3 is 2.27 bits per heavy atom. The first-order valence-electron chi connectivity index (χ1n) is 9.06. The zero-order chi connectivity index (χ0) is 15.4. The number of hydrogen-bond acceptors (Lipinski definition) is 3. The van der Waals surface area contributed by atoms with Gasteiger partial charge in [-0.05, 0) is 37.5 Å². The first kappa shape index (κ1) is 16.1. The standard InChI is InChI=1S/C17H30N2O3/c20-12-15-11-19(9-10-22-15)17(21)18-16(13-5-1-2-6-13)14-7-3-4-8-14/h13-16,20H,1-12H2,(H,18,21)/t15-/m1/s1. The lowest BCUT2D eigenvalue weighted by atomic mass is 9.86. The van der Waals surface area contributed by atoms with Gasteiger partial charge in [-0.1, -0.05) is 25.7 Å². The number of aliphatic hydroxyl groups excluding tert-OH is 1. The molecule has 0 bridgehead atoms. The number of amides is 2. The molecule has 3 rings (SSSR count). The molecule has 1 aliphatic heterocycles. The summed E-state index contributed by atoms with van der Waals surface area (Å²) in [5, 5.41) is 12.6. The maximum Gasteiger partial charge on any atom is 0.317 e. The summed E-state index contributed by atoms with van der Waals surface area (Å²) in [6.45, 7) is 1.64. The van der Waals surface area contributed by atoms with Crippen molar-refractivity contribution in [2.75, 3.05) is 26.3 Å². The van der Waals surface area contributed by atoms with E-state index < -0.39 is 0 Å². The molecule has 3 fully saturated rings. The Bertz CT molecular complexity index is 349. The normalized spacial score (nSPS) is 27.7. The zero-order valence-electron chi connectivity index (χ0n) is 13.5. The molecule has 2 amide bonds. The van der Waals surface area contributed by atoms with E-state index in [1.165, 1.54) is 51.4 Å². The van der Waals surface area contributed by atoms with Crippen molar-refractivity contribution in [1.82, 2.24) is 10.2 Å². The van der Waals surface area contributed by atoms with Gasteiger partial charge in [-0.15, -0.1) is 0 Å². The van der Waals surface area contributed by atoms with Crippen molar-refractivity contribution >= 4 is 6.03 Å². The summed E-state index contributed by atoms with van der Waals surface area (Å²) in [7, 11) is 0. The summed E-state index contributed by atoms with van der Waals surface area (Å²) in [5.41, 5.74) is 0. The predicted molar refractivity (Wildman–Crippen MR) is 84.6 cm³/mol. The lowest BCUT2D eigenvalue weighted by Gasteiger charge is -2.36. The van der Waals surface area contributed by atoms with Gasteiger partial charge in [-0.2, -0.15) is 0 Å². The molecular formula is C17H30N2O3. The van der Waals surface area contributed by atoms with Crippen LogP contribution in [0.3, 0.4) is 0 Å². The van der Waals surface area contributed by atoms with Gasteiger partial charge in [0, 0.05) is 12.6 Å². The first-order valence-corrected chi connectivity index (χ1v) is 9.06. The maximum absolute atomic E-state index is 12.7. The molecule has 0 spiro atoms. The van der Waals surface area contributed by atoms with Crippen LogP contribution in [0.1, 0.15) is 51.4 Å². The summed E-state index contributed by atoms with van der Waals surface area (Å²) in [6, 6.07) is 0.401. The third-order valence-electron chi connectivity index (χ3n) is 5.74.